The van der Waals surface area contributed by atoms with Crippen LogP contribution in [0.4, 0.5) is 18.9 Å². The number of aromatic nitrogens is 1. The summed E-state index contributed by atoms with van der Waals surface area (Å²) in [5.74, 6) is 0. The Morgan fingerprint density at radius 1 is 1.33 bits per heavy atom. The van der Waals surface area contributed by atoms with Gasteiger partial charge in [0.2, 0.25) is 5.69 Å². The molecule has 0 aliphatic rings. The van der Waals surface area contributed by atoms with Gasteiger partial charge in [-0.2, -0.15) is 18.4 Å². The normalized spacial score (nSPS) is 11.2. The standard InChI is InChI=1S/C12H5BrF3N3O2/c13-8-4-2-1-3-6(8)9-7(5-17)10(19(20)21)11(18-9)12(14,15)16/h1-4,18H. The quantitative estimate of drug-likeness (QED) is 0.642. The zero-order valence-corrected chi connectivity index (χ0v) is 11.6. The van der Waals surface area contributed by atoms with Gasteiger partial charge in [0.25, 0.3) is 0 Å². The molecular weight excluding hydrogens is 355 g/mol. The molecule has 0 aliphatic heterocycles. The SMILES string of the molecule is N#Cc1c(-c2ccccc2Br)[nH]c(C(F)(F)F)c1[N+](=O)[O-]. The zero-order valence-electron chi connectivity index (χ0n) is 10.0. The van der Waals surface area contributed by atoms with E-state index in [9.17, 15) is 23.3 Å². The molecule has 5 nitrogen and oxygen atoms in total. The lowest BCUT2D eigenvalue weighted by atomic mass is 10.1. The van der Waals surface area contributed by atoms with Crippen LogP contribution in [-0.4, -0.2) is 9.91 Å². The largest absolute Gasteiger partial charge is 0.438 e. The van der Waals surface area contributed by atoms with Gasteiger partial charge in [0.1, 0.15) is 6.07 Å². The lowest BCUT2D eigenvalue weighted by molar-refractivity contribution is -0.388. The molecular formula is C12H5BrF3N3O2. The summed E-state index contributed by atoms with van der Waals surface area (Å²) in [5, 5.41) is 19.9. The van der Waals surface area contributed by atoms with Crippen LogP contribution >= 0.6 is 15.9 Å². The van der Waals surface area contributed by atoms with E-state index in [4.69, 9.17) is 5.26 Å². The van der Waals surface area contributed by atoms with Crippen molar-refractivity contribution in [2.45, 2.75) is 6.18 Å². The van der Waals surface area contributed by atoms with Crippen molar-refractivity contribution in [1.29, 1.82) is 5.26 Å². The van der Waals surface area contributed by atoms with E-state index < -0.39 is 28.0 Å². The molecule has 1 N–H and O–H groups in total. The van der Waals surface area contributed by atoms with E-state index >= 15 is 0 Å². The first-order valence-corrected chi connectivity index (χ1v) is 6.19. The molecule has 21 heavy (non-hydrogen) atoms. The topological polar surface area (TPSA) is 82.7 Å². The molecule has 0 fully saturated rings. The number of hydrogen-bond acceptors (Lipinski definition) is 3. The highest BCUT2D eigenvalue weighted by Crippen LogP contribution is 2.42. The highest BCUT2D eigenvalue weighted by molar-refractivity contribution is 9.10. The average molecular weight is 360 g/mol. The predicted molar refractivity (Wildman–Crippen MR) is 70.3 cm³/mol. The number of halogens is 4. The van der Waals surface area contributed by atoms with Gasteiger partial charge in [-0.25, -0.2) is 0 Å². The molecule has 0 bridgehead atoms. The molecule has 0 radical (unpaired) electrons. The fraction of sp³-hybridized carbons (Fsp3) is 0.0833. The Labute approximate surface area is 124 Å². The third kappa shape index (κ3) is 2.62. The molecule has 0 atom stereocenters. The van der Waals surface area contributed by atoms with Crippen LogP contribution in [0.1, 0.15) is 11.3 Å². The summed E-state index contributed by atoms with van der Waals surface area (Å²) >= 11 is 3.14. The second kappa shape index (κ2) is 5.21. The molecule has 0 aliphatic carbocycles. The maximum Gasteiger partial charge on any atom is 0.438 e. The first-order chi connectivity index (χ1) is 9.77. The van der Waals surface area contributed by atoms with Crippen LogP contribution < -0.4 is 0 Å². The summed E-state index contributed by atoms with van der Waals surface area (Å²) in [6.07, 6.45) is -4.96. The van der Waals surface area contributed by atoms with Crippen LogP contribution in [0, 0.1) is 21.4 Å². The Hall–Kier alpha value is -2.34. The molecule has 0 saturated carbocycles. The van der Waals surface area contributed by atoms with E-state index in [0.29, 0.717) is 4.47 Å². The number of nitrogens with zero attached hydrogens (tertiary/aromatic N) is 2. The zero-order chi connectivity index (χ0) is 15.8. The summed E-state index contributed by atoms with van der Waals surface area (Å²) in [6.45, 7) is 0. The molecule has 1 aromatic carbocycles. The van der Waals surface area contributed by atoms with Gasteiger partial charge in [0, 0.05) is 10.0 Å². The number of H-pyrrole nitrogens is 1. The fourth-order valence-electron chi connectivity index (χ4n) is 1.85. The minimum atomic E-state index is -4.96. The number of hydrogen-bond donors (Lipinski definition) is 1. The van der Waals surface area contributed by atoms with Crippen molar-refractivity contribution in [3.8, 4) is 17.3 Å². The molecule has 1 heterocycles. The number of rotatable bonds is 2. The fourth-order valence-corrected chi connectivity index (χ4v) is 2.34. The molecule has 0 saturated heterocycles. The van der Waals surface area contributed by atoms with E-state index in [1.807, 2.05) is 4.98 Å². The van der Waals surface area contributed by atoms with Crippen molar-refractivity contribution < 1.29 is 18.1 Å². The van der Waals surface area contributed by atoms with Crippen molar-refractivity contribution in [2.75, 3.05) is 0 Å². The molecule has 0 spiro atoms. The van der Waals surface area contributed by atoms with Crippen LogP contribution in [0.5, 0.6) is 0 Å². The van der Waals surface area contributed by atoms with Crippen LogP contribution in [0.25, 0.3) is 11.3 Å². The molecule has 2 rings (SSSR count). The highest BCUT2D eigenvalue weighted by atomic mass is 79.9. The van der Waals surface area contributed by atoms with Gasteiger partial charge in [-0.15, -0.1) is 0 Å². The number of nitro groups is 1. The second-order valence-corrected chi connectivity index (χ2v) is 4.80. The third-order valence-electron chi connectivity index (χ3n) is 2.69. The van der Waals surface area contributed by atoms with Gasteiger partial charge in [0.05, 0.1) is 10.6 Å². The van der Waals surface area contributed by atoms with Crippen LogP contribution in [0.2, 0.25) is 0 Å². The summed E-state index contributed by atoms with van der Waals surface area (Å²) < 4.78 is 39.1. The van der Waals surface area contributed by atoms with Crippen LogP contribution in [0.15, 0.2) is 28.7 Å². The lowest BCUT2D eigenvalue weighted by Crippen LogP contribution is -2.08. The summed E-state index contributed by atoms with van der Waals surface area (Å²) in [6, 6.07) is 7.64. The molecule has 1 aromatic heterocycles. The van der Waals surface area contributed by atoms with Gasteiger partial charge in [0.15, 0.2) is 5.56 Å². The Balaban J connectivity index is 2.84. The van der Waals surface area contributed by atoms with Gasteiger partial charge < -0.3 is 4.98 Å². The number of alkyl halides is 3. The average Bonchev–Trinajstić information content (AvgIpc) is 2.78. The van der Waals surface area contributed by atoms with Crippen molar-refractivity contribution in [1.82, 2.24) is 4.98 Å². The van der Waals surface area contributed by atoms with Crippen molar-refractivity contribution in [3.05, 3.63) is 50.1 Å². The van der Waals surface area contributed by atoms with Crippen LogP contribution in [0.3, 0.4) is 0 Å². The molecule has 9 heteroatoms. The molecule has 0 unspecified atom stereocenters. The second-order valence-electron chi connectivity index (χ2n) is 3.95. The Morgan fingerprint density at radius 3 is 2.43 bits per heavy atom. The first kappa shape index (κ1) is 15.1. The van der Waals surface area contributed by atoms with Crippen molar-refractivity contribution in [2.24, 2.45) is 0 Å². The van der Waals surface area contributed by atoms with E-state index in [1.165, 1.54) is 12.1 Å². The predicted octanol–water partition coefficient (Wildman–Crippen LogP) is 4.24. The third-order valence-corrected chi connectivity index (χ3v) is 3.39. The van der Waals surface area contributed by atoms with E-state index in [1.54, 1.807) is 18.2 Å². The van der Waals surface area contributed by atoms with Crippen LogP contribution in [-0.2, 0) is 6.18 Å². The Morgan fingerprint density at radius 2 is 1.95 bits per heavy atom. The van der Waals surface area contributed by atoms with E-state index in [2.05, 4.69) is 15.9 Å². The number of nitrogens with one attached hydrogen (secondary N) is 1. The maximum absolute atomic E-state index is 12.9. The summed E-state index contributed by atoms with van der Waals surface area (Å²) in [7, 11) is 0. The van der Waals surface area contributed by atoms with E-state index in [-0.39, 0.29) is 11.3 Å². The molecule has 0 amide bonds. The number of benzene rings is 1. The molecule has 108 valence electrons. The Bertz CT molecular complexity index is 762. The summed E-state index contributed by atoms with van der Waals surface area (Å²) in [4.78, 5) is 11.7. The Kier molecular flexibility index (Phi) is 3.74. The van der Waals surface area contributed by atoms with Gasteiger partial charge in [-0.1, -0.05) is 34.1 Å². The lowest BCUT2D eigenvalue weighted by Gasteiger charge is -2.03. The monoisotopic (exact) mass is 359 g/mol. The minimum Gasteiger partial charge on any atom is -0.344 e. The molecule has 2 aromatic rings. The van der Waals surface area contributed by atoms with Gasteiger partial charge >= 0.3 is 11.9 Å². The maximum atomic E-state index is 12.9. The first-order valence-electron chi connectivity index (χ1n) is 5.40. The number of aromatic amines is 1. The summed E-state index contributed by atoms with van der Waals surface area (Å²) in [5.41, 5.74) is -3.48. The highest BCUT2D eigenvalue weighted by Gasteiger charge is 2.44. The van der Waals surface area contributed by atoms with Crippen molar-refractivity contribution >= 4 is 21.6 Å². The smallest absolute Gasteiger partial charge is 0.344 e. The minimum absolute atomic E-state index is 0.229. The van der Waals surface area contributed by atoms with Gasteiger partial charge in [-0.3, -0.25) is 10.1 Å². The number of nitriles is 1. The van der Waals surface area contributed by atoms with E-state index in [0.717, 1.165) is 0 Å². The van der Waals surface area contributed by atoms with Gasteiger partial charge in [-0.05, 0) is 6.07 Å². The van der Waals surface area contributed by atoms with Crippen molar-refractivity contribution in [3.63, 3.8) is 0 Å².